The maximum absolute atomic E-state index is 11.4. The standard InChI is InChI=1S/C11H20N2O3/c1-4-7-8-16-11(15)13-9(5-2)10(14)12-6-3/h6,9H,3-5,7-8H2,1-2H3,(H,12,14)(H,13,15). The van der Waals surface area contributed by atoms with Crippen LogP contribution in [0, 0.1) is 0 Å². The van der Waals surface area contributed by atoms with Gasteiger partial charge in [-0.1, -0.05) is 26.8 Å². The van der Waals surface area contributed by atoms with Gasteiger partial charge in [-0.3, -0.25) is 4.79 Å². The Labute approximate surface area is 96.2 Å². The lowest BCUT2D eigenvalue weighted by molar-refractivity contribution is -0.122. The molecule has 0 heterocycles. The van der Waals surface area contributed by atoms with Gasteiger partial charge in [0.1, 0.15) is 6.04 Å². The number of alkyl carbamates (subject to hydrolysis) is 1. The first-order chi connectivity index (χ1) is 7.65. The molecule has 0 rings (SSSR count). The van der Waals surface area contributed by atoms with Crippen LogP contribution in [0.3, 0.4) is 0 Å². The van der Waals surface area contributed by atoms with Crippen molar-refractivity contribution in [2.24, 2.45) is 0 Å². The zero-order valence-electron chi connectivity index (χ0n) is 9.91. The molecule has 0 spiro atoms. The Morgan fingerprint density at radius 1 is 1.44 bits per heavy atom. The molecule has 2 amide bonds. The maximum Gasteiger partial charge on any atom is 0.407 e. The minimum Gasteiger partial charge on any atom is -0.450 e. The second-order valence-electron chi connectivity index (χ2n) is 3.31. The molecule has 0 fully saturated rings. The number of unbranched alkanes of at least 4 members (excludes halogenated alkanes) is 1. The average Bonchev–Trinajstić information content (AvgIpc) is 2.26. The number of amides is 2. The topological polar surface area (TPSA) is 67.4 Å². The van der Waals surface area contributed by atoms with Crippen LogP contribution < -0.4 is 10.6 Å². The number of hydrogen-bond donors (Lipinski definition) is 2. The van der Waals surface area contributed by atoms with E-state index in [1.165, 1.54) is 6.20 Å². The second kappa shape index (κ2) is 8.76. The van der Waals surface area contributed by atoms with Crippen LogP contribution in [-0.2, 0) is 9.53 Å². The van der Waals surface area contributed by atoms with Gasteiger partial charge in [-0.25, -0.2) is 4.79 Å². The predicted molar refractivity (Wildman–Crippen MR) is 61.8 cm³/mol. The molecule has 0 aromatic heterocycles. The number of ether oxygens (including phenoxy) is 1. The summed E-state index contributed by atoms with van der Waals surface area (Å²) >= 11 is 0. The van der Waals surface area contributed by atoms with Gasteiger partial charge >= 0.3 is 6.09 Å². The van der Waals surface area contributed by atoms with Crippen molar-refractivity contribution in [2.75, 3.05) is 6.61 Å². The fourth-order valence-electron chi connectivity index (χ4n) is 1.05. The summed E-state index contributed by atoms with van der Waals surface area (Å²) in [7, 11) is 0. The zero-order valence-corrected chi connectivity index (χ0v) is 9.91. The van der Waals surface area contributed by atoms with E-state index in [4.69, 9.17) is 4.74 Å². The van der Waals surface area contributed by atoms with E-state index >= 15 is 0 Å². The van der Waals surface area contributed by atoms with Crippen molar-refractivity contribution < 1.29 is 14.3 Å². The SMILES string of the molecule is C=CNC(=O)C(CC)NC(=O)OCCCC. The fourth-order valence-corrected chi connectivity index (χ4v) is 1.05. The molecule has 0 saturated heterocycles. The summed E-state index contributed by atoms with van der Waals surface area (Å²) in [5, 5.41) is 4.91. The van der Waals surface area contributed by atoms with Gasteiger partial charge in [-0.15, -0.1) is 0 Å². The van der Waals surface area contributed by atoms with Gasteiger partial charge in [0.2, 0.25) is 5.91 Å². The molecule has 0 aliphatic heterocycles. The summed E-state index contributed by atoms with van der Waals surface area (Å²) in [6.45, 7) is 7.57. The third-order valence-corrected chi connectivity index (χ3v) is 1.99. The highest BCUT2D eigenvalue weighted by Gasteiger charge is 2.18. The van der Waals surface area contributed by atoms with Crippen LogP contribution in [0.5, 0.6) is 0 Å². The molecule has 0 aromatic rings. The quantitative estimate of drug-likeness (QED) is 0.650. The van der Waals surface area contributed by atoms with Crippen LogP contribution in [0.25, 0.3) is 0 Å². The predicted octanol–water partition coefficient (Wildman–Crippen LogP) is 1.55. The second-order valence-corrected chi connectivity index (χ2v) is 3.31. The number of rotatable bonds is 7. The third-order valence-electron chi connectivity index (χ3n) is 1.99. The van der Waals surface area contributed by atoms with Crippen LogP contribution in [0.15, 0.2) is 12.8 Å². The Balaban J connectivity index is 3.96. The lowest BCUT2D eigenvalue weighted by Crippen LogP contribution is -2.45. The maximum atomic E-state index is 11.4. The highest BCUT2D eigenvalue weighted by Crippen LogP contribution is 1.94. The van der Waals surface area contributed by atoms with E-state index in [0.717, 1.165) is 12.8 Å². The molecule has 0 saturated carbocycles. The number of carbonyl (C=O) groups is 2. The van der Waals surface area contributed by atoms with E-state index in [-0.39, 0.29) is 5.91 Å². The van der Waals surface area contributed by atoms with Crippen LogP contribution in [0.2, 0.25) is 0 Å². The molecule has 5 nitrogen and oxygen atoms in total. The van der Waals surface area contributed by atoms with Gasteiger partial charge in [0, 0.05) is 0 Å². The van der Waals surface area contributed by atoms with Crippen LogP contribution in [-0.4, -0.2) is 24.6 Å². The smallest absolute Gasteiger partial charge is 0.407 e. The lowest BCUT2D eigenvalue weighted by Gasteiger charge is -2.15. The summed E-state index contributed by atoms with van der Waals surface area (Å²) in [6, 6.07) is -0.577. The molecule has 0 aliphatic carbocycles. The molecular weight excluding hydrogens is 208 g/mol. The molecule has 16 heavy (non-hydrogen) atoms. The van der Waals surface area contributed by atoms with Crippen molar-refractivity contribution in [3.05, 3.63) is 12.8 Å². The van der Waals surface area contributed by atoms with Gasteiger partial charge in [-0.05, 0) is 19.0 Å². The van der Waals surface area contributed by atoms with Gasteiger partial charge < -0.3 is 15.4 Å². The van der Waals surface area contributed by atoms with Crippen molar-refractivity contribution in [3.63, 3.8) is 0 Å². The van der Waals surface area contributed by atoms with E-state index in [2.05, 4.69) is 17.2 Å². The first-order valence-corrected chi connectivity index (χ1v) is 5.50. The number of hydrogen-bond acceptors (Lipinski definition) is 3. The largest absolute Gasteiger partial charge is 0.450 e. The summed E-state index contributed by atoms with van der Waals surface area (Å²) < 4.78 is 4.89. The van der Waals surface area contributed by atoms with Gasteiger partial charge in [0.05, 0.1) is 6.61 Å². The average molecular weight is 228 g/mol. The Morgan fingerprint density at radius 2 is 2.12 bits per heavy atom. The van der Waals surface area contributed by atoms with Crippen molar-refractivity contribution in [2.45, 2.75) is 39.2 Å². The van der Waals surface area contributed by atoms with Crippen molar-refractivity contribution in [1.82, 2.24) is 10.6 Å². The minimum absolute atomic E-state index is 0.287. The summed E-state index contributed by atoms with van der Waals surface area (Å²) in [6.07, 6.45) is 3.02. The third kappa shape index (κ3) is 6.06. The molecule has 92 valence electrons. The van der Waals surface area contributed by atoms with E-state index in [1.807, 2.05) is 6.92 Å². The molecule has 2 N–H and O–H groups in total. The van der Waals surface area contributed by atoms with E-state index in [1.54, 1.807) is 6.92 Å². The van der Waals surface area contributed by atoms with Crippen molar-refractivity contribution in [3.8, 4) is 0 Å². The van der Waals surface area contributed by atoms with E-state index in [9.17, 15) is 9.59 Å². The molecule has 1 unspecified atom stereocenters. The first-order valence-electron chi connectivity index (χ1n) is 5.50. The highest BCUT2D eigenvalue weighted by molar-refractivity contribution is 5.86. The molecule has 0 bridgehead atoms. The van der Waals surface area contributed by atoms with Crippen LogP contribution >= 0.6 is 0 Å². The fraction of sp³-hybridized carbons (Fsp3) is 0.636. The lowest BCUT2D eigenvalue weighted by atomic mass is 10.2. The number of carbonyl (C=O) groups excluding carboxylic acids is 2. The molecule has 5 heteroatoms. The van der Waals surface area contributed by atoms with E-state index < -0.39 is 12.1 Å². The molecular formula is C11H20N2O3. The first kappa shape index (κ1) is 14.5. The molecule has 0 aliphatic rings. The van der Waals surface area contributed by atoms with Crippen LogP contribution in [0.4, 0.5) is 4.79 Å². The van der Waals surface area contributed by atoms with E-state index in [0.29, 0.717) is 13.0 Å². The van der Waals surface area contributed by atoms with Gasteiger partial charge in [0.15, 0.2) is 0 Å². The number of nitrogens with one attached hydrogen (secondary N) is 2. The Morgan fingerprint density at radius 3 is 2.62 bits per heavy atom. The summed E-state index contributed by atoms with van der Waals surface area (Å²) in [5.41, 5.74) is 0. The van der Waals surface area contributed by atoms with Crippen molar-refractivity contribution in [1.29, 1.82) is 0 Å². The Bertz CT molecular complexity index is 241. The van der Waals surface area contributed by atoms with Crippen molar-refractivity contribution >= 4 is 12.0 Å². The minimum atomic E-state index is -0.577. The zero-order chi connectivity index (χ0) is 12.4. The van der Waals surface area contributed by atoms with Gasteiger partial charge in [0.25, 0.3) is 0 Å². The molecule has 1 atom stereocenters. The summed E-state index contributed by atoms with van der Waals surface area (Å²) in [4.78, 5) is 22.6. The normalized spacial score (nSPS) is 11.4. The monoisotopic (exact) mass is 228 g/mol. The molecule has 0 aromatic carbocycles. The van der Waals surface area contributed by atoms with Crippen LogP contribution in [0.1, 0.15) is 33.1 Å². The molecule has 0 radical (unpaired) electrons. The highest BCUT2D eigenvalue weighted by atomic mass is 16.5. The Hall–Kier alpha value is -1.52. The Kier molecular flexibility index (Phi) is 7.93. The van der Waals surface area contributed by atoms with Gasteiger partial charge in [-0.2, -0.15) is 0 Å². The summed E-state index contributed by atoms with van der Waals surface area (Å²) in [5.74, 6) is -0.287.